The van der Waals surface area contributed by atoms with Crippen molar-refractivity contribution in [2.45, 2.75) is 19.4 Å². The number of nitrogen functional groups attached to an aromatic ring is 1. The second-order valence-electron chi connectivity index (χ2n) is 4.86. The number of rotatable bonds is 2. The third-order valence-corrected chi connectivity index (χ3v) is 4.18. The lowest BCUT2D eigenvalue weighted by Crippen LogP contribution is -2.42. The predicted octanol–water partition coefficient (Wildman–Crippen LogP) is 1.94. The average Bonchev–Trinajstić information content (AvgIpc) is 2.32. The highest BCUT2D eigenvalue weighted by Crippen LogP contribution is 2.27. The summed E-state index contributed by atoms with van der Waals surface area (Å²) in [4.78, 5) is 2.17. The summed E-state index contributed by atoms with van der Waals surface area (Å²) in [6.07, 6.45) is 0.720. The van der Waals surface area contributed by atoms with Crippen molar-refractivity contribution >= 4 is 27.5 Å². The molecule has 2 atom stereocenters. The van der Waals surface area contributed by atoms with Crippen molar-refractivity contribution in [1.29, 1.82) is 5.41 Å². The smallest absolute Gasteiger partial charge is 0.123 e. The number of benzene rings is 1. The number of piperidine rings is 1. The van der Waals surface area contributed by atoms with Crippen molar-refractivity contribution in [3.05, 3.63) is 28.2 Å². The molecular formula is C13H18BrN3O. The average molecular weight is 312 g/mol. The minimum atomic E-state index is -0.273. The number of halogens is 1. The molecule has 1 aliphatic heterocycles. The topological polar surface area (TPSA) is 73.3 Å². The summed E-state index contributed by atoms with van der Waals surface area (Å²) in [6, 6.07) is 5.75. The van der Waals surface area contributed by atoms with E-state index in [4.69, 9.17) is 11.1 Å². The number of nitrogens with one attached hydrogen (secondary N) is 1. The van der Waals surface area contributed by atoms with Crippen LogP contribution in [0.15, 0.2) is 22.7 Å². The van der Waals surface area contributed by atoms with Gasteiger partial charge in [-0.3, -0.25) is 5.41 Å². The maximum absolute atomic E-state index is 9.91. The van der Waals surface area contributed by atoms with E-state index in [2.05, 4.69) is 27.8 Å². The van der Waals surface area contributed by atoms with Crippen LogP contribution in [-0.2, 0) is 0 Å². The van der Waals surface area contributed by atoms with Crippen molar-refractivity contribution in [1.82, 2.24) is 0 Å². The Bertz CT molecular complexity index is 464. The molecule has 2 rings (SSSR count). The Labute approximate surface area is 115 Å². The molecule has 5 heteroatoms. The van der Waals surface area contributed by atoms with Crippen molar-refractivity contribution in [3.63, 3.8) is 0 Å². The lowest BCUT2D eigenvalue weighted by Gasteiger charge is -2.36. The van der Waals surface area contributed by atoms with Crippen LogP contribution >= 0.6 is 15.9 Å². The van der Waals surface area contributed by atoms with Crippen LogP contribution in [0.4, 0.5) is 5.69 Å². The minimum absolute atomic E-state index is 0.0562. The third kappa shape index (κ3) is 2.67. The van der Waals surface area contributed by atoms with Gasteiger partial charge in [0, 0.05) is 28.8 Å². The Hall–Kier alpha value is -1.07. The van der Waals surface area contributed by atoms with Gasteiger partial charge in [-0.15, -0.1) is 0 Å². The summed E-state index contributed by atoms with van der Waals surface area (Å²) in [5.41, 5.74) is 7.24. The molecule has 0 amide bonds. The first-order valence-corrected chi connectivity index (χ1v) is 6.85. The van der Waals surface area contributed by atoms with E-state index in [0.29, 0.717) is 18.0 Å². The number of nitrogens with two attached hydrogens (primary N) is 1. The number of amidine groups is 1. The highest BCUT2D eigenvalue weighted by Gasteiger charge is 2.24. The first-order chi connectivity index (χ1) is 8.49. The zero-order valence-corrected chi connectivity index (χ0v) is 11.9. The maximum atomic E-state index is 9.91. The zero-order chi connectivity index (χ0) is 13.3. The highest BCUT2D eigenvalue weighted by atomic mass is 79.9. The summed E-state index contributed by atoms with van der Waals surface area (Å²) < 4.78 is 0.820. The van der Waals surface area contributed by atoms with Crippen LogP contribution in [0.3, 0.4) is 0 Å². The summed E-state index contributed by atoms with van der Waals surface area (Å²) >= 11 is 3.43. The van der Waals surface area contributed by atoms with Gasteiger partial charge in [0.2, 0.25) is 0 Å². The predicted molar refractivity (Wildman–Crippen MR) is 77.2 cm³/mol. The summed E-state index contributed by atoms with van der Waals surface area (Å²) in [7, 11) is 0. The lowest BCUT2D eigenvalue weighted by atomic mass is 9.95. The Morgan fingerprint density at radius 1 is 1.56 bits per heavy atom. The fraction of sp³-hybridized carbons (Fsp3) is 0.462. The number of β-amino-alcohol motifs (C(OH)–C–C–N with tert-alkyl or cyclic N) is 1. The molecule has 1 aliphatic rings. The first-order valence-electron chi connectivity index (χ1n) is 6.06. The summed E-state index contributed by atoms with van der Waals surface area (Å²) in [6.45, 7) is 3.69. The number of hydrogen-bond acceptors (Lipinski definition) is 3. The van der Waals surface area contributed by atoms with E-state index in [1.165, 1.54) is 0 Å². The van der Waals surface area contributed by atoms with E-state index < -0.39 is 0 Å². The van der Waals surface area contributed by atoms with E-state index in [1.807, 2.05) is 18.2 Å². The number of aliphatic hydroxyl groups is 1. The minimum Gasteiger partial charge on any atom is -0.391 e. The van der Waals surface area contributed by atoms with Gasteiger partial charge in [-0.25, -0.2) is 0 Å². The van der Waals surface area contributed by atoms with Gasteiger partial charge in [-0.2, -0.15) is 0 Å². The molecule has 4 N–H and O–H groups in total. The Kier molecular flexibility index (Phi) is 3.92. The van der Waals surface area contributed by atoms with Crippen molar-refractivity contribution in [2.75, 3.05) is 18.0 Å². The molecule has 0 bridgehead atoms. The van der Waals surface area contributed by atoms with Gasteiger partial charge in [-0.05, 0) is 46.5 Å². The van der Waals surface area contributed by atoms with Gasteiger partial charge in [0.1, 0.15) is 5.84 Å². The van der Waals surface area contributed by atoms with Crippen molar-refractivity contribution < 1.29 is 5.11 Å². The van der Waals surface area contributed by atoms with Crippen LogP contribution in [0.5, 0.6) is 0 Å². The third-order valence-electron chi connectivity index (χ3n) is 3.53. The zero-order valence-electron chi connectivity index (χ0n) is 10.4. The second-order valence-corrected chi connectivity index (χ2v) is 5.71. The lowest BCUT2D eigenvalue weighted by molar-refractivity contribution is 0.103. The molecule has 0 aromatic heterocycles. The maximum Gasteiger partial charge on any atom is 0.123 e. The molecular weight excluding hydrogens is 294 g/mol. The number of aliphatic hydroxyl groups excluding tert-OH is 1. The molecule has 1 fully saturated rings. The molecule has 1 saturated heterocycles. The van der Waals surface area contributed by atoms with Crippen LogP contribution in [0.1, 0.15) is 18.9 Å². The molecule has 1 aromatic rings. The van der Waals surface area contributed by atoms with Crippen LogP contribution in [0, 0.1) is 11.3 Å². The van der Waals surface area contributed by atoms with Gasteiger partial charge in [0.15, 0.2) is 0 Å². The molecule has 0 aliphatic carbocycles. The van der Waals surface area contributed by atoms with Crippen molar-refractivity contribution in [3.8, 4) is 0 Å². The van der Waals surface area contributed by atoms with E-state index >= 15 is 0 Å². The summed E-state index contributed by atoms with van der Waals surface area (Å²) in [5, 5.41) is 17.4. The fourth-order valence-electron chi connectivity index (χ4n) is 2.20. The van der Waals surface area contributed by atoms with Crippen molar-refractivity contribution in [2.24, 2.45) is 11.7 Å². The Balaban J connectivity index is 2.19. The normalized spacial score (nSPS) is 24.1. The van der Waals surface area contributed by atoms with E-state index in [1.54, 1.807) is 0 Å². The van der Waals surface area contributed by atoms with Gasteiger partial charge in [0.25, 0.3) is 0 Å². The molecule has 0 spiro atoms. The van der Waals surface area contributed by atoms with Gasteiger partial charge in [-0.1, -0.05) is 6.92 Å². The molecule has 1 aromatic carbocycles. The van der Waals surface area contributed by atoms with Crippen LogP contribution in [0.2, 0.25) is 0 Å². The highest BCUT2D eigenvalue weighted by molar-refractivity contribution is 9.10. The molecule has 0 radical (unpaired) electrons. The van der Waals surface area contributed by atoms with Crippen LogP contribution in [0.25, 0.3) is 0 Å². The number of hydrogen-bond donors (Lipinski definition) is 3. The Morgan fingerprint density at radius 3 is 2.83 bits per heavy atom. The number of nitrogens with zero attached hydrogens (tertiary/aromatic N) is 1. The fourth-order valence-corrected chi connectivity index (χ4v) is 2.78. The SMILES string of the molecule is CC1CCN(c2ccc(C(=N)N)c(Br)c2)CC1O. The largest absolute Gasteiger partial charge is 0.391 e. The monoisotopic (exact) mass is 311 g/mol. The molecule has 98 valence electrons. The van der Waals surface area contributed by atoms with Crippen LogP contribution in [-0.4, -0.2) is 30.1 Å². The van der Waals surface area contributed by atoms with E-state index in [0.717, 1.165) is 23.1 Å². The quantitative estimate of drug-likeness (QED) is 0.577. The van der Waals surface area contributed by atoms with E-state index in [9.17, 15) is 5.11 Å². The first kappa shape index (κ1) is 13.4. The molecule has 18 heavy (non-hydrogen) atoms. The van der Waals surface area contributed by atoms with E-state index in [-0.39, 0.29) is 11.9 Å². The second kappa shape index (κ2) is 5.28. The molecule has 1 heterocycles. The van der Waals surface area contributed by atoms with Gasteiger partial charge >= 0.3 is 0 Å². The van der Waals surface area contributed by atoms with Gasteiger partial charge < -0.3 is 15.7 Å². The molecule has 2 unspecified atom stereocenters. The number of anilines is 1. The summed E-state index contributed by atoms with van der Waals surface area (Å²) in [5.74, 6) is 0.418. The standard InChI is InChI=1S/C13H18BrN3O/c1-8-4-5-17(7-12(8)18)9-2-3-10(13(15)16)11(14)6-9/h2-3,6,8,12,18H,4-5,7H2,1H3,(H3,15,16). The van der Waals surface area contributed by atoms with Gasteiger partial charge in [0.05, 0.1) is 6.10 Å². The molecule has 0 saturated carbocycles. The Morgan fingerprint density at radius 2 is 2.28 bits per heavy atom. The molecule has 4 nitrogen and oxygen atoms in total. The van der Waals surface area contributed by atoms with Crippen LogP contribution < -0.4 is 10.6 Å².